The van der Waals surface area contributed by atoms with Crippen LogP contribution in [0.5, 0.6) is 0 Å². The SMILES string of the molecule is CN1C(=O)CCC(NCc2ccccc2C2CC2)C1=O. The van der Waals surface area contributed by atoms with Gasteiger partial charge in [-0.1, -0.05) is 24.3 Å². The summed E-state index contributed by atoms with van der Waals surface area (Å²) in [6.07, 6.45) is 3.60. The van der Waals surface area contributed by atoms with Crippen molar-refractivity contribution in [1.29, 1.82) is 0 Å². The van der Waals surface area contributed by atoms with E-state index in [0.717, 1.165) is 0 Å². The number of likely N-dealkylation sites (tertiary alicyclic amines) is 1. The Kier molecular flexibility index (Phi) is 3.57. The first-order chi connectivity index (χ1) is 9.66. The molecule has 1 aliphatic heterocycles. The van der Waals surface area contributed by atoms with Crippen LogP contribution >= 0.6 is 0 Å². The maximum absolute atomic E-state index is 12.0. The average molecular weight is 272 g/mol. The topological polar surface area (TPSA) is 49.4 Å². The number of likely N-dealkylation sites (N-methyl/N-ethyl adjacent to an activating group) is 1. The van der Waals surface area contributed by atoms with E-state index in [4.69, 9.17) is 0 Å². The second-order valence-corrected chi connectivity index (χ2v) is 5.74. The summed E-state index contributed by atoms with van der Waals surface area (Å²) < 4.78 is 0. The second kappa shape index (κ2) is 5.37. The number of rotatable bonds is 4. The van der Waals surface area contributed by atoms with Crippen molar-refractivity contribution in [2.75, 3.05) is 7.05 Å². The van der Waals surface area contributed by atoms with Crippen molar-refractivity contribution in [2.24, 2.45) is 0 Å². The zero-order valence-corrected chi connectivity index (χ0v) is 11.8. The van der Waals surface area contributed by atoms with Gasteiger partial charge in [-0.25, -0.2) is 0 Å². The molecule has 20 heavy (non-hydrogen) atoms. The fraction of sp³-hybridized carbons (Fsp3) is 0.500. The summed E-state index contributed by atoms with van der Waals surface area (Å²) in [5.41, 5.74) is 2.69. The largest absolute Gasteiger partial charge is 0.302 e. The van der Waals surface area contributed by atoms with Gasteiger partial charge in [0, 0.05) is 20.0 Å². The summed E-state index contributed by atoms with van der Waals surface area (Å²) in [5.74, 6) is 0.524. The molecule has 0 aromatic heterocycles. The molecule has 1 aromatic rings. The van der Waals surface area contributed by atoms with Crippen molar-refractivity contribution in [2.45, 2.75) is 44.2 Å². The highest BCUT2D eigenvalue weighted by atomic mass is 16.2. The normalized spacial score (nSPS) is 23.2. The van der Waals surface area contributed by atoms with Gasteiger partial charge in [0.05, 0.1) is 6.04 Å². The lowest BCUT2D eigenvalue weighted by Gasteiger charge is -2.28. The first-order valence-corrected chi connectivity index (χ1v) is 7.28. The predicted octanol–water partition coefficient (Wildman–Crippen LogP) is 1.80. The minimum Gasteiger partial charge on any atom is -0.302 e. The molecule has 0 bridgehead atoms. The number of amides is 2. The number of carbonyl (C=O) groups excluding carboxylic acids is 2. The summed E-state index contributed by atoms with van der Waals surface area (Å²) in [5, 5.41) is 3.32. The van der Waals surface area contributed by atoms with E-state index in [0.29, 0.717) is 25.3 Å². The molecule has 2 fully saturated rings. The number of nitrogens with one attached hydrogen (secondary N) is 1. The van der Waals surface area contributed by atoms with E-state index >= 15 is 0 Å². The summed E-state index contributed by atoms with van der Waals surface area (Å²) in [7, 11) is 1.57. The van der Waals surface area contributed by atoms with Crippen LogP contribution in [0.3, 0.4) is 0 Å². The van der Waals surface area contributed by atoms with Crippen molar-refractivity contribution >= 4 is 11.8 Å². The van der Waals surface area contributed by atoms with Crippen molar-refractivity contribution in [1.82, 2.24) is 10.2 Å². The first-order valence-electron chi connectivity index (χ1n) is 7.28. The third kappa shape index (κ3) is 2.61. The van der Waals surface area contributed by atoms with Gasteiger partial charge in [0.2, 0.25) is 11.8 Å². The molecule has 0 spiro atoms. The van der Waals surface area contributed by atoms with E-state index in [1.54, 1.807) is 7.05 Å². The minimum atomic E-state index is -0.232. The first kappa shape index (κ1) is 13.3. The zero-order chi connectivity index (χ0) is 14.1. The number of carbonyl (C=O) groups is 2. The quantitative estimate of drug-likeness (QED) is 0.850. The predicted molar refractivity (Wildman–Crippen MR) is 76.1 cm³/mol. The minimum absolute atomic E-state index is 0.0774. The molecule has 106 valence electrons. The van der Waals surface area contributed by atoms with Crippen LogP contribution in [0.25, 0.3) is 0 Å². The van der Waals surface area contributed by atoms with Crippen LogP contribution < -0.4 is 5.32 Å². The summed E-state index contributed by atoms with van der Waals surface area (Å²) in [4.78, 5) is 24.7. The monoisotopic (exact) mass is 272 g/mol. The van der Waals surface area contributed by atoms with Gasteiger partial charge in [-0.3, -0.25) is 14.5 Å². The molecular formula is C16H20N2O2. The fourth-order valence-electron chi connectivity index (χ4n) is 2.83. The lowest BCUT2D eigenvalue weighted by molar-refractivity contribution is -0.148. The molecule has 1 atom stereocenters. The number of piperidine rings is 1. The van der Waals surface area contributed by atoms with Crippen LogP contribution in [-0.4, -0.2) is 29.8 Å². The maximum Gasteiger partial charge on any atom is 0.246 e. The van der Waals surface area contributed by atoms with E-state index in [2.05, 4.69) is 23.5 Å². The van der Waals surface area contributed by atoms with E-state index in [-0.39, 0.29) is 17.9 Å². The Morgan fingerprint density at radius 1 is 1.20 bits per heavy atom. The second-order valence-electron chi connectivity index (χ2n) is 5.74. The Morgan fingerprint density at radius 3 is 2.70 bits per heavy atom. The number of hydrogen-bond acceptors (Lipinski definition) is 3. The fourth-order valence-corrected chi connectivity index (χ4v) is 2.83. The zero-order valence-electron chi connectivity index (χ0n) is 11.8. The standard InChI is InChI=1S/C16H20N2O2/c1-18-15(19)9-8-14(16(18)20)17-10-12-4-2-3-5-13(12)11-6-7-11/h2-5,11,14,17H,6-10H2,1H3. The third-order valence-corrected chi connectivity index (χ3v) is 4.26. The van der Waals surface area contributed by atoms with Crippen LogP contribution in [0.1, 0.15) is 42.7 Å². The van der Waals surface area contributed by atoms with Crippen LogP contribution in [0.4, 0.5) is 0 Å². The van der Waals surface area contributed by atoms with E-state index in [1.165, 1.54) is 28.9 Å². The van der Waals surface area contributed by atoms with E-state index in [1.807, 2.05) is 6.07 Å². The Morgan fingerprint density at radius 2 is 1.95 bits per heavy atom. The molecule has 2 aliphatic rings. The van der Waals surface area contributed by atoms with Gasteiger partial charge in [-0.15, -0.1) is 0 Å². The molecule has 1 unspecified atom stereocenters. The van der Waals surface area contributed by atoms with E-state index in [9.17, 15) is 9.59 Å². The van der Waals surface area contributed by atoms with Crippen molar-refractivity contribution in [3.8, 4) is 0 Å². The molecule has 1 N–H and O–H groups in total. The molecule has 4 nitrogen and oxygen atoms in total. The Hall–Kier alpha value is -1.68. The number of benzene rings is 1. The molecule has 2 amide bonds. The summed E-state index contributed by atoms with van der Waals surface area (Å²) >= 11 is 0. The van der Waals surface area contributed by atoms with Gasteiger partial charge >= 0.3 is 0 Å². The molecule has 4 heteroatoms. The molecular weight excluding hydrogens is 252 g/mol. The molecule has 0 radical (unpaired) electrons. The van der Waals surface area contributed by atoms with Crippen LogP contribution in [0.2, 0.25) is 0 Å². The number of imide groups is 1. The van der Waals surface area contributed by atoms with Gasteiger partial charge in [0.25, 0.3) is 0 Å². The van der Waals surface area contributed by atoms with Gasteiger partial charge in [0.1, 0.15) is 0 Å². The molecule has 1 aliphatic carbocycles. The molecule has 1 aromatic carbocycles. The molecule has 1 saturated carbocycles. The highest BCUT2D eigenvalue weighted by molar-refractivity contribution is 6.00. The third-order valence-electron chi connectivity index (χ3n) is 4.26. The Balaban J connectivity index is 1.65. The molecule has 1 saturated heterocycles. The molecule has 1 heterocycles. The van der Waals surface area contributed by atoms with Crippen molar-refractivity contribution in [3.05, 3.63) is 35.4 Å². The van der Waals surface area contributed by atoms with Gasteiger partial charge in [-0.05, 0) is 36.3 Å². The highest BCUT2D eigenvalue weighted by Crippen LogP contribution is 2.41. The van der Waals surface area contributed by atoms with Gasteiger partial charge < -0.3 is 5.32 Å². The Bertz CT molecular complexity index is 537. The van der Waals surface area contributed by atoms with Crippen LogP contribution in [0, 0.1) is 0 Å². The summed E-state index contributed by atoms with van der Waals surface area (Å²) in [6, 6.07) is 8.21. The number of nitrogens with zero attached hydrogens (tertiary/aromatic N) is 1. The smallest absolute Gasteiger partial charge is 0.246 e. The van der Waals surface area contributed by atoms with Crippen LogP contribution in [0.15, 0.2) is 24.3 Å². The highest BCUT2D eigenvalue weighted by Gasteiger charge is 2.31. The summed E-state index contributed by atoms with van der Waals surface area (Å²) in [6.45, 7) is 0.700. The lowest BCUT2D eigenvalue weighted by Crippen LogP contribution is -2.51. The van der Waals surface area contributed by atoms with Crippen LogP contribution in [-0.2, 0) is 16.1 Å². The van der Waals surface area contributed by atoms with Crippen molar-refractivity contribution < 1.29 is 9.59 Å². The number of hydrogen-bond donors (Lipinski definition) is 1. The molecule has 3 rings (SSSR count). The van der Waals surface area contributed by atoms with E-state index < -0.39 is 0 Å². The average Bonchev–Trinajstić information content (AvgIpc) is 3.29. The maximum atomic E-state index is 12.0. The van der Waals surface area contributed by atoms with Gasteiger partial charge in [0.15, 0.2) is 0 Å². The van der Waals surface area contributed by atoms with Crippen molar-refractivity contribution in [3.63, 3.8) is 0 Å². The Labute approximate surface area is 119 Å². The lowest BCUT2D eigenvalue weighted by atomic mass is 10.0. The van der Waals surface area contributed by atoms with Gasteiger partial charge in [-0.2, -0.15) is 0 Å².